The lowest BCUT2D eigenvalue weighted by molar-refractivity contribution is 0.150. The quantitative estimate of drug-likeness (QED) is 0.616. The van der Waals surface area contributed by atoms with Crippen LogP contribution in [0.2, 0.25) is 0 Å². The summed E-state index contributed by atoms with van der Waals surface area (Å²) in [5.41, 5.74) is 0. The zero-order valence-corrected chi connectivity index (χ0v) is 6.03. The maximum atomic E-state index is 10.4. The topological polar surface area (TPSA) is 38.3 Å². The Bertz CT molecular complexity index is 118. The van der Waals surface area contributed by atoms with E-state index in [0.717, 1.165) is 5.75 Å². The predicted molar refractivity (Wildman–Crippen MR) is 36.7 cm³/mol. The number of hydrogen-bond acceptors (Lipinski definition) is 3. The van der Waals surface area contributed by atoms with Crippen molar-refractivity contribution in [2.75, 3.05) is 18.6 Å². The van der Waals surface area contributed by atoms with E-state index in [0.29, 0.717) is 6.54 Å². The van der Waals surface area contributed by atoms with E-state index in [9.17, 15) is 4.79 Å². The second-order valence-electron chi connectivity index (χ2n) is 1.86. The molecule has 0 saturated carbocycles. The molecule has 1 N–H and O–H groups in total. The number of rotatable bonds is 2. The molecule has 0 spiro atoms. The van der Waals surface area contributed by atoms with Crippen molar-refractivity contribution >= 4 is 17.9 Å². The Labute approximate surface area is 58.1 Å². The Balaban J connectivity index is 2.22. The zero-order valence-electron chi connectivity index (χ0n) is 5.22. The van der Waals surface area contributed by atoms with Gasteiger partial charge in [-0.1, -0.05) is 0 Å². The normalized spacial score (nSPS) is 25.4. The third-order valence-electron chi connectivity index (χ3n) is 1.10. The van der Waals surface area contributed by atoms with Crippen molar-refractivity contribution in [3.05, 3.63) is 0 Å². The second kappa shape index (κ2) is 2.96. The van der Waals surface area contributed by atoms with Crippen LogP contribution in [-0.4, -0.2) is 30.8 Å². The van der Waals surface area contributed by atoms with Crippen molar-refractivity contribution in [3.8, 4) is 0 Å². The van der Waals surface area contributed by atoms with Gasteiger partial charge in [0.1, 0.15) is 6.10 Å². The number of ether oxygens (including phenoxy) is 1. The summed E-state index contributed by atoms with van der Waals surface area (Å²) in [5.74, 6) is 0.888. The molecule has 1 aliphatic heterocycles. The Kier molecular flexibility index (Phi) is 2.22. The molecule has 0 unspecified atom stereocenters. The van der Waals surface area contributed by atoms with Crippen LogP contribution in [0, 0.1) is 0 Å². The summed E-state index contributed by atoms with van der Waals surface area (Å²) in [7, 11) is 0. The van der Waals surface area contributed by atoms with Gasteiger partial charge < -0.3 is 10.1 Å². The van der Waals surface area contributed by atoms with Crippen LogP contribution in [0.15, 0.2) is 0 Å². The highest BCUT2D eigenvalue weighted by molar-refractivity contribution is 7.98. The highest BCUT2D eigenvalue weighted by atomic mass is 32.2. The molecule has 0 aliphatic carbocycles. The van der Waals surface area contributed by atoms with Gasteiger partial charge in [0.2, 0.25) is 0 Å². The highest BCUT2D eigenvalue weighted by Crippen LogP contribution is 2.05. The SMILES string of the molecule is CSC[C@H]1CNC(=O)O1. The summed E-state index contributed by atoms with van der Waals surface area (Å²) in [6.45, 7) is 0.666. The number of thioether (sulfide) groups is 1. The lowest BCUT2D eigenvalue weighted by Gasteiger charge is -2.02. The van der Waals surface area contributed by atoms with Crippen molar-refractivity contribution in [1.29, 1.82) is 0 Å². The number of carbonyl (C=O) groups excluding carboxylic acids is 1. The fourth-order valence-corrected chi connectivity index (χ4v) is 1.27. The molecule has 0 aromatic rings. The number of nitrogens with one attached hydrogen (secondary N) is 1. The van der Waals surface area contributed by atoms with Crippen LogP contribution in [0.5, 0.6) is 0 Å². The van der Waals surface area contributed by atoms with Gasteiger partial charge in [0.25, 0.3) is 0 Å². The average molecular weight is 147 g/mol. The van der Waals surface area contributed by atoms with E-state index in [-0.39, 0.29) is 12.2 Å². The predicted octanol–water partition coefficient (Wildman–Crippen LogP) is 0.458. The van der Waals surface area contributed by atoms with Crippen LogP contribution >= 0.6 is 11.8 Å². The summed E-state index contributed by atoms with van der Waals surface area (Å²) in [6.07, 6.45) is 1.80. The lowest BCUT2D eigenvalue weighted by atomic mass is 10.4. The van der Waals surface area contributed by atoms with E-state index >= 15 is 0 Å². The van der Waals surface area contributed by atoms with E-state index in [2.05, 4.69) is 5.32 Å². The largest absolute Gasteiger partial charge is 0.443 e. The molecule has 0 aromatic heterocycles. The van der Waals surface area contributed by atoms with Crippen molar-refractivity contribution in [1.82, 2.24) is 5.32 Å². The Morgan fingerprint density at radius 2 is 2.78 bits per heavy atom. The molecule has 1 atom stereocenters. The van der Waals surface area contributed by atoms with Crippen LogP contribution in [0.3, 0.4) is 0 Å². The molecule has 1 fully saturated rings. The summed E-state index contributed by atoms with van der Waals surface area (Å²) in [5, 5.41) is 2.58. The first-order valence-corrected chi connectivity index (χ1v) is 4.15. The number of amides is 1. The lowest BCUT2D eigenvalue weighted by Crippen LogP contribution is -2.16. The first-order valence-electron chi connectivity index (χ1n) is 2.76. The third-order valence-corrected chi connectivity index (χ3v) is 1.81. The molecule has 4 heteroatoms. The number of carbonyl (C=O) groups is 1. The summed E-state index contributed by atoms with van der Waals surface area (Å²) >= 11 is 1.68. The first kappa shape index (κ1) is 6.74. The van der Waals surface area contributed by atoms with Gasteiger partial charge in [-0.05, 0) is 6.26 Å². The van der Waals surface area contributed by atoms with Gasteiger partial charge in [0.05, 0.1) is 6.54 Å². The van der Waals surface area contributed by atoms with Crippen LogP contribution in [-0.2, 0) is 4.74 Å². The number of alkyl carbamates (subject to hydrolysis) is 1. The highest BCUT2D eigenvalue weighted by Gasteiger charge is 2.20. The molecule has 3 nitrogen and oxygen atoms in total. The van der Waals surface area contributed by atoms with Gasteiger partial charge in [0.15, 0.2) is 0 Å². The minimum atomic E-state index is -0.283. The molecule has 0 radical (unpaired) electrons. The molecule has 9 heavy (non-hydrogen) atoms. The van der Waals surface area contributed by atoms with Gasteiger partial charge in [-0.25, -0.2) is 4.79 Å². The van der Waals surface area contributed by atoms with Crippen LogP contribution in [0.1, 0.15) is 0 Å². The van der Waals surface area contributed by atoms with Gasteiger partial charge >= 0.3 is 6.09 Å². The van der Waals surface area contributed by atoms with E-state index in [4.69, 9.17) is 4.74 Å². The van der Waals surface area contributed by atoms with E-state index in [1.807, 2.05) is 6.26 Å². The summed E-state index contributed by atoms with van der Waals surface area (Å²) in [4.78, 5) is 10.4. The van der Waals surface area contributed by atoms with Crippen LogP contribution in [0.4, 0.5) is 4.79 Å². The van der Waals surface area contributed by atoms with Crippen LogP contribution < -0.4 is 5.32 Å². The minimum absolute atomic E-state index is 0.0903. The Morgan fingerprint density at radius 3 is 3.22 bits per heavy atom. The standard InChI is InChI=1S/C5H9NO2S/c1-9-3-4-2-6-5(7)8-4/h4H,2-3H2,1H3,(H,6,7)/t4-/m1/s1. The fraction of sp³-hybridized carbons (Fsp3) is 0.800. The summed E-state index contributed by atoms with van der Waals surface area (Å²) < 4.78 is 4.83. The average Bonchev–Trinajstić information content (AvgIpc) is 2.17. The Morgan fingerprint density at radius 1 is 2.00 bits per heavy atom. The maximum absolute atomic E-state index is 10.4. The van der Waals surface area contributed by atoms with Crippen LogP contribution in [0.25, 0.3) is 0 Å². The molecule has 0 aromatic carbocycles. The van der Waals surface area contributed by atoms with E-state index in [1.54, 1.807) is 11.8 Å². The molecule has 1 rings (SSSR count). The fourth-order valence-electron chi connectivity index (χ4n) is 0.711. The smallest absolute Gasteiger partial charge is 0.407 e. The molecule has 52 valence electrons. The second-order valence-corrected chi connectivity index (χ2v) is 2.77. The van der Waals surface area contributed by atoms with E-state index in [1.165, 1.54) is 0 Å². The van der Waals surface area contributed by atoms with Crippen molar-refractivity contribution in [3.63, 3.8) is 0 Å². The molecule has 1 saturated heterocycles. The molecule has 1 heterocycles. The Hall–Kier alpha value is -0.380. The maximum Gasteiger partial charge on any atom is 0.407 e. The molecular weight excluding hydrogens is 138 g/mol. The molecule has 1 amide bonds. The monoisotopic (exact) mass is 147 g/mol. The first-order chi connectivity index (χ1) is 4.33. The number of cyclic esters (lactones) is 1. The van der Waals surface area contributed by atoms with Crippen molar-refractivity contribution in [2.24, 2.45) is 0 Å². The van der Waals surface area contributed by atoms with Gasteiger partial charge in [-0.3, -0.25) is 0 Å². The third kappa shape index (κ3) is 1.78. The van der Waals surface area contributed by atoms with Crippen molar-refractivity contribution in [2.45, 2.75) is 6.10 Å². The number of hydrogen-bond donors (Lipinski definition) is 1. The van der Waals surface area contributed by atoms with Gasteiger partial charge in [-0.15, -0.1) is 0 Å². The zero-order chi connectivity index (χ0) is 6.69. The minimum Gasteiger partial charge on any atom is -0.443 e. The van der Waals surface area contributed by atoms with Crippen molar-refractivity contribution < 1.29 is 9.53 Å². The van der Waals surface area contributed by atoms with Gasteiger partial charge in [-0.2, -0.15) is 11.8 Å². The summed E-state index contributed by atoms with van der Waals surface area (Å²) in [6, 6.07) is 0. The van der Waals surface area contributed by atoms with E-state index < -0.39 is 0 Å². The molecular formula is C5H9NO2S. The molecule has 0 bridgehead atoms. The molecule has 1 aliphatic rings. The van der Waals surface area contributed by atoms with Gasteiger partial charge in [0, 0.05) is 5.75 Å².